The average Bonchev–Trinajstić information content (AvgIpc) is 2.24. The summed E-state index contributed by atoms with van der Waals surface area (Å²) >= 11 is 0. The Kier molecular flexibility index (Phi) is 2.03. The Morgan fingerprint density at radius 1 is 1.31 bits per heavy atom. The van der Waals surface area contributed by atoms with Crippen molar-refractivity contribution < 1.29 is 14.3 Å². The zero-order valence-corrected chi connectivity index (χ0v) is 9.49. The van der Waals surface area contributed by atoms with E-state index in [1.807, 2.05) is 0 Å². The molecule has 0 saturated heterocycles. The minimum Gasteiger partial charge on any atom is -0.453 e. The first kappa shape index (κ1) is 10.1. The lowest BCUT2D eigenvalue weighted by atomic mass is 9.52. The maximum atomic E-state index is 12.3. The Morgan fingerprint density at radius 2 is 1.94 bits per heavy atom. The number of rotatable bonds is 1. The standard InChI is InChI=1S/C12H17NO3/c1-16-11(15)13-12-5-7-2-8(6-12)4-9(3-7)10(12)14/h7-9H,2-6H2,1H3,(H,13,15). The van der Waals surface area contributed by atoms with Crippen molar-refractivity contribution in [2.45, 2.75) is 37.6 Å². The fourth-order valence-corrected chi connectivity index (χ4v) is 4.18. The molecule has 4 rings (SSSR count). The van der Waals surface area contributed by atoms with Crippen LogP contribution < -0.4 is 5.32 Å². The number of hydrogen-bond acceptors (Lipinski definition) is 3. The summed E-state index contributed by atoms with van der Waals surface area (Å²) in [5.41, 5.74) is -0.582. The Balaban J connectivity index is 1.88. The Labute approximate surface area is 94.7 Å². The van der Waals surface area contributed by atoms with Crippen LogP contribution in [-0.4, -0.2) is 24.5 Å². The molecule has 1 amide bonds. The molecule has 0 spiro atoms. The summed E-state index contributed by atoms with van der Waals surface area (Å²) in [7, 11) is 1.35. The SMILES string of the molecule is COC(=O)NC12CC3CC(CC(C3)C1=O)C2. The van der Waals surface area contributed by atoms with E-state index in [1.165, 1.54) is 13.5 Å². The summed E-state index contributed by atoms with van der Waals surface area (Å²) in [6.07, 6.45) is 4.52. The monoisotopic (exact) mass is 223 g/mol. The van der Waals surface area contributed by atoms with Gasteiger partial charge in [0.05, 0.1) is 7.11 Å². The van der Waals surface area contributed by atoms with Gasteiger partial charge in [-0.2, -0.15) is 0 Å². The maximum Gasteiger partial charge on any atom is 0.407 e. The van der Waals surface area contributed by atoms with Gasteiger partial charge >= 0.3 is 6.09 Å². The van der Waals surface area contributed by atoms with Gasteiger partial charge in [0.1, 0.15) is 5.54 Å². The number of methoxy groups -OCH3 is 1. The Hall–Kier alpha value is -1.06. The molecule has 2 atom stereocenters. The highest BCUT2D eigenvalue weighted by Crippen LogP contribution is 2.53. The number of ketones is 1. The van der Waals surface area contributed by atoms with Crippen LogP contribution in [0.3, 0.4) is 0 Å². The minimum absolute atomic E-state index is 0.198. The number of alkyl carbamates (subject to hydrolysis) is 1. The molecule has 4 aliphatic carbocycles. The highest BCUT2D eigenvalue weighted by Gasteiger charge is 2.57. The molecule has 1 N–H and O–H groups in total. The van der Waals surface area contributed by atoms with Gasteiger partial charge in [0.15, 0.2) is 5.78 Å². The summed E-state index contributed by atoms with van der Waals surface area (Å²) in [5.74, 6) is 1.72. The summed E-state index contributed by atoms with van der Waals surface area (Å²) in [5, 5.41) is 2.81. The van der Waals surface area contributed by atoms with Crippen LogP contribution in [0.2, 0.25) is 0 Å². The van der Waals surface area contributed by atoms with Crippen LogP contribution in [0.15, 0.2) is 0 Å². The molecule has 4 saturated carbocycles. The van der Waals surface area contributed by atoms with E-state index in [9.17, 15) is 9.59 Å². The number of amides is 1. The molecule has 0 aromatic rings. The molecule has 4 aliphatic rings. The predicted octanol–water partition coefficient (Wildman–Crippen LogP) is 1.49. The van der Waals surface area contributed by atoms with Crippen molar-refractivity contribution >= 4 is 11.9 Å². The summed E-state index contributed by atoms with van der Waals surface area (Å²) in [6.45, 7) is 0. The number of carbonyl (C=O) groups is 2. The van der Waals surface area contributed by atoms with Crippen LogP contribution >= 0.6 is 0 Å². The second-order valence-electron chi connectivity index (χ2n) is 5.61. The number of ether oxygens (including phenoxy) is 1. The molecule has 0 aromatic heterocycles. The second kappa shape index (κ2) is 3.22. The van der Waals surface area contributed by atoms with Crippen LogP contribution in [0.25, 0.3) is 0 Å². The molecule has 4 fully saturated rings. The van der Waals surface area contributed by atoms with Gasteiger partial charge in [0.2, 0.25) is 0 Å². The van der Waals surface area contributed by atoms with Gasteiger partial charge in [-0.3, -0.25) is 4.79 Å². The lowest BCUT2D eigenvalue weighted by molar-refractivity contribution is -0.144. The Morgan fingerprint density at radius 3 is 2.50 bits per heavy atom. The molecule has 0 aromatic carbocycles. The molecule has 0 radical (unpaired) electrons. The van der Waals surface area contributed by atoms with Gasteiger partial charge in [-0.15, -0.1) is 0 Å². The van der Waals surface area contributed by atoms with Crippen molar-refractivity contribution in [3.63, 3.8) is 0 Å². The lowest BCUT2D eigenvalue weighted by Gasteiger charge is -2.54. The zero-order chi connectivity index (χ0) is 11.3. The van der Waals surface area contributed by atoms with Crippen LogP contribution in [-0.2, 0) is 9.53 Å². The molecule has 88 valence electrons. The average molecular weight is 223 g/mol. The third-order valence-corrected chi connectivity index (χ3v) is 4.55. The summed E-state index contributed by atoms with van der Waals surface area (Å²) in [4.78, 5) is 23.6. The third-order valence-electron chi connectivity index (χ3n) is 4.55. The van der Waals surface area contributed by atoms with Crippen LogP contribution in [0.5, 0.6) is 0 Å². The first-order valence-electron chi connectivity index (χ1n) is 6.03. The minimum atomic E-state index is -0.582. The van der Waals surface area contributed by atoms with E-state index in [1.54, 1.807) is 0 Å². The van der Waals surface area contributed by atoms with Crippen molar-refractivity contribution in [3.05, 3.63) is 0 Å². The van der Waals surface area contributed by atoms with Crippen LogP contribution in [0.1, 0.15) is 32.1 Å². The first-order chi connectivity index (χ1) is 7.63. The molecule has 4 bridgehead atoms. The van der Waals surface area contributed by atoms with E-state index >= 15 is 0 Å². The highest BCUT2D eigenvalue weighted by atomic mass is 16.5. The second-order valence-corrected chi connectivity index (χ2v) is 5.61. The molecule has 4 heteroatoms. The van der Waals surface area contributed by atoms with Gasteiger partial charge < -0.3 is 10.1 Å². The van der Waals surface area contributed by atoms with Crippen LogP contribution in [0.4, 0.5) is 4.79 Å². The Bertz CT molecular complexity index is 338. The van der Waals surface area contributed by atoms with E-state index in [0.29, 0.717) is 11.8 Å². The number of hydrogen-bond donors (Lipinski definition) is 1. The normalized spacial score (nSPS) is 44.6. The zero-order valence-electron chi connectivity index (χ0n) is 9.49. The molecular weight excluding hydrogens is 206 g/mol. The van der Waals surface area contributed by atoms with Gasteiger partial charge in [0.25, 0.3) is 0 Å². The van der Waals surface area contributed by atoms with Gasteiger partial charge in [0, 0.05) is 5.92 Å². The quantitative estimate of drug-likeness (QED) is 0.732. The van der Waals surface area contributed by atoms with E-state index in [4.69, 9.17) is 0 Å². The van der Waals surface area contributed by atoms with E-state index in [-0.39, 0.29) is 11.7 Å². The van der Waals surface area contributed by atoms with Gasteiger partial charge in [-0.1, -0.05) is 0 Å². The van der Waals surface area contributed by atoms with E-state index in [0.717, 1.165) is 25.7 Å². The molecule has 0 aliphatic heterocycles. The summed E-state index contributed by atoms with van der Waals surface area (Å²) < 4.78 is 4.64. The largest absolute Gasteiger partial charge is 0.453 e. The van der Waals surface area contributed by atoms with Crippen molar-refractivity contribution in [1.29, 1.82) is 0 Å². The predicted molar refractivity (Wildman–Crippen MR) is 56.8 cm³/mol. The topological polar surface area (TPSA) is 55.4 Å². The number of carbonyl (C=O) groups excluding carboxylic acids is 2. The fraction of sp³-hybridized carbons (Fsp3) is 0.833. The third kappa shape index (κ3) is 1.28. The van der Waals surface area contributed by atoms with Gasteiger partial charge in [-0.25, -0.2) is 4.79 Å². The highest BCUT2D eigenvalue weighted by molar-refractivity contribution is 5.95. The molecular formula is C12H17NO3. The van der Waals surface area contributed by atoms with Crippen molar-refractivity contribution in [2.24, 2.45) is 17.8 Å². The first-order valence-corrected chi connectivity index (χ1v) is 6.03. The van der Waals surface area contributed by atoms with E-state index < -0.39 is 11.6 Å². The molecule has 16 heavy (non-hydrogen) atoms. The van der Waals surface area contributed by atoms with Crippen molar-refractivity contribution in [2.75, 3.05) is 7.11 Å². The molecule has 4 nitrogen and oxygen atoms in total. The number of Topliss-reactive ketones (excluding diaryl/α,β-unsaturated/α-hetero) is 1. The maximum absolute atomic E-state index is 12.3. The lowest BCUT2D eigenvalue weighted by Crippen LogP contribution is -2.66. The molecule has 0 heterocycles. The fourth-order valence-electron chi connectivity index (χ4n) is 4.18. The molecule has 2 unspecified atom stereocenters. The van der Waals surface area contributed by atoms with E-state index in [2.05, 4.69) is 10.1 Å². The van der Waals surface area contributed by atoms with Crippen molar-refractivity contribution in [3.8, 4) is 0 Å². The summed E-state index contributed by atoms with van der Waals surface area (Å²) in [6, 6.07) is 0. The smallest absolute Gasteiger partial charge is 0.407 e. The van der Waals surface area contributed by atoms with Crippen molar-refractivity contribution in [1.82, 2.24) is 5.32 Å². The van der Waals surface area contributed by atoms with Gasteiger partial charge in [-0.05, 0) is 43.9 Å². The number of nitrogens with one attached hydrogen (secondary N) is 1. The van der Waals surface area contributed by atoms with Crippen LogP contribution in [0, 0.1) is 17.8 Å².